The highest BCUT2D eigenvalue weighted by Crippen LogP contribution is 2.35. The maximum absolute atomic E-state index is 2.31. The number of hydrogen-bond acceptors (Lipinski definition) is 1. The molecule has 0 fully saturated rings. The number of hydrogen-bond donors (Lipinski definition) is 0. The fraction of sp³-hybridized carbons (Fsp3) is 0.0857. The summed E-state index contributed by atoms with van der Waals surface area (Å²) in [5.74, 6) is 0. The molecule has 36 heavy (non-hydrogen) atoms. The van der Waals surface area contributed by atoms with E-state index in [0.29, 0.717) is 0 Å². The summed E-state index contributed by atoms with van der Waals surface area (Å²) in [5, 5.41) is 0. The summed E-state index contributed by atoms with van der Waals surface area (Å²) in [7, 11) is 0. The highest BCUT2D eigenvalue weighted by Gasteiger charge is 2.12. The summed E-state index contributed by atoms with van der Waals surface area (Å²) in [6.45, 7) is 6.43. The molecule has 0 aromatic heterocycles. The fourth-order valence-electron chi connectivity index (χ4n) is 4.44. The lowest BCUT2D eigenvalue weighted by Gasteiger charge is -2.26. The number of aryl methyl sites for hydroxylation is 2. The molecule has 0 aliphatic heterocycles. The van der Waals surface area contributed by atoms with E-state index in [0.717, 1.165) is 17.1 Å². The van der Waals surface area contributed by atoms with Gasteiger partial charge in [-0.25, -0.2) is 0 Å². The van der Waals surface area contributed by atoms with E-state index in [1.165, 1.54) is 39.0 Å². The normalized spacial score (nSPS) is 11.4. The minimum atomic E-state index is 1.14. The van der Waals surface area contributed by atoms with Crippen LogP contribution in [0.1, 0.15) is 29.2 Å². The third-order valence-electron chi connectivity index (χ3n) is 6.57. The zero-order chi connectivity index (χ0) is 24.9. The molecular formula is C35H31N. The Morgan fingerprint density at radius 1 is 0.500 bits per heavy atom. The molecule has 5 rings (SSSR count). The Labute approximate surface area is 215 Å². The Kier molecular flexibility index (Phi) is 6.82. The average Bonchev–Trinajstić information content (AvgIpc) is 2.92. The predicted octanol–water partition coefficient (Wildman–Crippen LogP) is 10.0. The summed E-state index contributed by atoms with van der Waals surface area (Å²) in [5.41, 5.74) is 12.1. The largest absolute Gasteiger partial charge is 0.311 e. The van der Waals surface area contributed by atoms with Crippen LogP contribution in [0.3, 0.4) is 0 Å². The summed E-state index contributed by atoms with van der Waals surface area (Å²) < 4.78 is 0. The molecule has 1 nitrogen and oxygen atoms in total. The monoisotopic (exact) mass is 465 g/mol. The van der Waals surface area contributed by atoms with Crippen LogP contribution in [0.2, 0.25) is 0 Å². The van der Waals surface area contributed by atoms with Gasteiger partial charge < -0.3 is 4.90 Å². The summed E-state index contributed by atoms with van der Waals surface area (Å²) >= 11 is 0. The lowest BCUT2D eigenvalue weighted by atomic mass is 10.0. The first-order valence-corrected chi connectivity index (χ1v) is 12.4. The molecule has 176 valence electrons. The summed E-state index contributed by atoms with van der Waals surface area (Å²) in [6.07, 6.45) is 2.25. The number of allylic oxidation sites excluding steroid dienone is 1. The summed E-state index contributed by atoms with van der Waals surface area (Å²) in [4.78, 5) is 2.31. The Hall–Kier alpha value is -4.36. The number of anilines is 3. The van der Waals surface area contributed by atoms with Gasteiger partial charge in [-0.15, -0.1) is 0 Å². The zero-order valence-electron chi connectivity index (χ0n) is 21.1. The van der Waals surface area contributed by atoms with Gasteiger partial charge in [0.15, 0.2) is 0 Å². The van der Waals surface area contributed by atoms with Crippen LogP contribution < -0.4 is 4.90 Å². The second kappa shape index (κ2) is 10.5. The molecule has 0 unspecified atom stereocenters. The Bertz CT molecular complexity index is 1400. The van der Waals surface area contributed by atoms with E-state index in [-0.39, 0.29) is 0 Å². The third-order valence-corrected chi connectivity index (χ3v) is 6.57. The standard InChI is InChI=1S/C35H31N/c1-26-9-19-33(20-10-26)36(34-21-11-27(2)12-22-34)35-23-17-30(18-24-35)28(3)25-29-13-15-32(16-14-29)31-7-5-4-6-8-31/h4-25H,1-3H3/b28-25+. The van der Waals surface area contributed by atoms with E-state index < -0.39 is 0 Å². The van der Waals surface area contributed by atoms with Crippen LogP contribution in [0.25, 0.3) is 22.8 Å². The average molecular weight is 466 g/mol. The molecule has 5 aromatic rings. The minimum Gasteiger partial charge on any atom is -0.311 e. The van der Waals surface area contributed by atoms with Crippen molar-refractivity contribution < 1.29 is 0 Å². The van der Waals surface area contributed by atoms with E-state index in [1.807, 2.05) is 0 Å². The molecule has 0 aliphatic rings. The highest BCUT2D eigenvalue weighted by molar-refractivity contribution is 5.83. The first kappa shape index (κ1) is 23.4. The van der Waals surface area contributed by atoms with Gasteiger partial charge in [0.05, 0.1) is 0 Å². The predicted molar refractivity (Wildman–Crippen MR) is 156 cm³/mol. The molecule has 0 bridgehead atoms. The first-order chi connectivity index (χ1) is 17.6. The highest BCUT2D eigenvalue weighted by atomic mass is 15.1. The van der Waals surface area contributed by atoms with Gasteiger partial charge in [0, 0.05) is 17.1 Å². The van der Waals surface area contributed by atoms with Crippen LogP contribution in [-0.4, -0.2) is 0 Å². The van der Waals surface area contributed by atoms with Gasteiger partial charge in [0.1, 0.15) is 0 Å². The van der Waals surface area contributed by atoms with Crippen LogP contribution >= 0.6 is 0 Å². The Morgan fingerprint density at radius 2 is 0.944 bits per heavy atom. The van der Waals surface area contributed by atoms with Gasteiger partial charge in [-0.05, 0) is 85.0 Å². The number of rotatable bonds is 6. The fourth-order valence-corrected chi connectivity index (χ4v) is 4.44. The SMILES string of the molecule is C/C(=C\c1ccc(-c2ccccc2)cc1)c1ccc(N(c2ccc(C)cc2)c2ccc(C)cc2)cc1. The molecule has 0 spiro atoms. The molecule has 0 amide bonds. The smallest absolute Gasteiger partial charge is 0.0462 e. The topological polar surface area (TPSA) is 3.24 Å². The lowest BCUT2D eigenvalue weighted by Crippen LogP contribution is -2.09. The van der Waals surface area contributed by atoms with Crippen molar-refractivity contribution in [3.05, 3.63) is 150 Å². The molecule has 0 radical (unpaired) electrons. The lowest BCUT2D eigenvalue weighted by molar-refractivity contribution is 1.27. The molecule has 0 saturated carbocycles. The van der Waals surface area contributed by atoms with E-state index in [1.54, 1.807) is 0 Å². The summed E-state index contributed by atoms with van der Waals surface area (Å²) in [6, 6.07) is 45.6. The van der Waals surface area contributed by atoms with Gasteiger partial charge in [-0.1, -0.05) is 108 Å². The van der Waals surface area contributed by atoms with Crippen molar-refractivity contribution in [1.29, 1.82) is 0 Å². The van der Waals surface area contributed by atoms with Gasteiger partial charge in [0.25, 0.3) is 0 Å². The molecule has 0 saturated heterocycles. The maximum atomic E-state index is 2.31. The molecule has 1 heteroatoms. The quantitative estimate of drug-likeness (QED) is 0.225. The van der Waals surface area contributed by atoms with E-state index >= 15 is 0 Å². The Morgan fingerprint density at radius 3 is 1.44 bits per heavy atom. The first-order valence-electron chi connectivity index (χ1n) is 12.4. The number of nitrogens with zero attached hydrogens (tertiary/aromatic N) is 1. The van der Waals surface area contributed by atoms with Crippen LogP contribution in [0.5, 0.6) is 0 Å². The van der Waals surface area contributed by atoms with Crippen molar-refractivity contribution in [2.24, 2.45) is 0 Å². The van der Waals surface area contributed by atoms with Crippen molar-refractivity contribution in [1.82, 2.24) is 0 Å². The van der Waals surface area contributed by atoms with Crippen LogP contribution in [0.4, 0.5) is 17.1 Å². The second-order valence-electron chi connectivity index (χ2n) is 9.37. The molecule has 0 atom stereocenters. The van der Waals surface area contributed by atoms with Crippen LogP contribution in [-0.2, 0) is 0 Å². The third kappa shape index (κ3) is 5.31. The van der Waals surface area contributed by atoms with Crippen molar-refractivity contribution >= 4 is 28.7 Å². The zero-order valence-corrected chi connectivity index (χ0v) is 21.1. The van der Waals surface area contributed by atoms with Crippen LogP contribution in [0, 0.1) is 13.8 Å². The van der Waals surface area contributed by atoms with Crippen molar-refractivity contribution in [2.75, 3.05) is 4.90 Å². The molecular weight excluding hydrogens is 434 g/mol. The Balaban J connectivity index is 1.41. The minimum absolute atomic E-state index is 1.14. The molecule has 0 aliphatic carbocycles. The van der Waals surface area contributed by atoms with Gasteiger partial charge in [0.2, 0.25) is 0 Å². The maximum Gasteiger partial charge on any atom is 0.0462 e. The van der Waals surface area contributed by atoms with Crippen molar-refractivity contribution in [2.45, 2.75) is 20.8 Å². The van der Waals surface area contributed by atoms with E-state index in [2.05, 4.69) is 159 Å². The second-order valence-corrected chi connectivity index (χ2v) is 9.37. The van der Waals surface area contributed by atoms with Crippen molar-refractivity contribution in [3.8, 4) is 11.1 Å². The molecule has 5 aromatic carbocycles. The van der Waals surface area contributed by atoms with Crippen LogP contribution in [0.15, 0.2) is 127 Å². The van der Waals surface area contributed by atoms with E-state index in [4.69, 9.17) is 0 Å². The van der Waals surface area contributed by atoms with E-state index in [9.17, 15) is 0 Å². The van der Waals surface area contributed by atoms with Gasteiger partial charge >= 0.3 is 0 Å². The molecule has 0 heterocycles. The molecule has 0 N–H and O–H groups in total. The van der Waals surface area contributed by atoms with Crippen molar-refractivity contribution in [3.63, 3.8) is 0 Å². The number of benzene rings is 5. The van der Waals surface area contributed by atoms with Gasteiger partial charge in [-0.2, -0.15) is 0 Å². The van der Waals surface area contributed by atoms with Gasteiger partial charge in [-0.3, -0.25) is 0 Å².